The number of rotatable bonds is 12. The van der Waals surface area contributed by atoms with Crippen molar-refractivity contribution in [3.8, 4) is 5.75 Å². The van der Waals surface area contributed by atoms with Gasteiger partial charge in [-0.05, 0) is 78.0 Å². The number of anilines is 4. The number of nitrogens with zero attached hydrogens (tertiary/aromatic N) is 5. The van der Waals surface area contributed by atoms with Crippen LogP contribution in [0.25, 0.3) is 21.5 Å². The van der Waals surface area contributed by atoms with Gasteiger partial charge in [0, 0.05) is 21.8 Å². The van der Waals surface area contributed by atoms with Crippen molar-refractivity contribution >= 4 is 108 Å². The highest BCUT2D eigenvalue weighted by Gasteiger charge is 2.24. The highest BCUT2D eigenvalue weighted by Crippen LogP contribution is 2.43. The summed E-state index contributed by atoms with van der Waals surface area (Å²) in [4.78, 5) is 10.2. The van der Waals surface area contributed by atoms with Gasteiger partial charge in [-0.25, -0.2) is 8.42 Å². The van der Waals surface area contributed by atoms with Gasteiger partial charge < -0.3 is 15.7 Å². The number of phenolic OH excluding ortho intramolecular Hbond substituents is 1. The molecule has 24 heteroatoms. The SMILES string of the molecule is CCCS(=O)(=O)c1ccc(Nc2nc(Cl)nc(Nc3cc(S(=O)(=O)O)cc4ccc(/N=N/c5ccc6c(S(=O)(=O)O)cccc6c5S(=O)(=O)O)c(O)c34)n2)cc1. The highest BCUT2D eigenvalue weighted by molar-refractivity contribution is 7.91. The number of hydrogen-bond acceptors (Lipinski definition) is 16. The number of halogens is 1. The van der Waals surface area contributed by atoms with E-state index in [1.165, 1.54) is 36.4 Å². The van der Waals surface area contributed by atoms with Crippen LogP contribution in [0.2, 0.25) is 5.28 Å². The van der Waals surface area contributed by atoms with Gasteiger partial charge in [0.15, 0.2) is 15.6 Å². The van der Waals surface area contributed by atoms with E-state index in [4.69, 9.17) is 11.6 Å². The van der Waals surface area contributed by atoms with Gasteiger partial charge in [-0.3, -0.25) is 13.7 Å². The molecule has 0 aliphatic carbocycles. The molecule has 0 atom stereocenters. The van der Waals surface area contributed by atoms with E-state index in [1.54, 1.807) is 6.92 Å². The van der Waals surface area contributed by atoms with E-state index in [9.17, 15) is 52.4 Å². The van der Waals surface area contributed by atoms with Crippen molar-refractivity contribution in [3.05, 3.63) is 84.1 Å². The molecule has 292 valence electrons. The van der Waals surface area contributed by atoms with Crippen LogP contribution in [0.1, 0.15) is 13.3 Å². The minimum atomic E-state index is -5.11. The van der Waals surface area contributed by atoms with Crippen LogP contribution < -0.4 is 10.6 Å². The predicted octanol–water partition coefficient (Wildman–Crippen LogP) is 6.36. The van der Waals surface area contributed by atoms with Crippen LogP contribution in [0.15, 0.2) is 109 Å². The van der Waals surface area contributed by atoms with Gasteiger partial charge in [-0.15, -0.1) is 10.2 Å². The molecular formula is C32H26ClN7O12S4. The maximum Gasteiger partial charge on any atom is 0.297 e. The molecule has 0 bridgehead atoms. The third-order valence-electron chi connectivity index (χ3n) is 7.89. The van der Waals surface area contributed by atoms with Crippen molar-refractivity contribution in [2.45, 2.75) is 32.9 Å². The second-order valence-corrected chi connectivity index (χ2v) is 18.4. The zero-order chi connectivity index (χ0) is 40.8. The molecule has 0 aliphatic heterocycles. The summed E-state index contributed by atoms with van der Waals surface area (Å²) in [5, 5.41) is 23.8. The van der Waals surface area contributed by atoms with Crippen molar-refractivity contribution in [2.75, 3.05) is 16.4 Å². The third-order valence-corrected chi connectivity index (χ3v) is 12.7. The lowest BCUT2D eigenvalue weighted by molar-refractivity contribution is 0.480. The molecule has 0 radical (unpaired) electrons. The van der Waals surface area contributed by atoms with E-state index in [2.05, 4.69) is 35.8 Å². The van der Waals surface area contributed by atoms with Crippen molar-refractivity contribution in [1.29, 1.82) is 0 Å². The molecule has 56 heavy (non-hydrogen) atoms. The molecule has 5 aromatic carbocycles. The Balaban J connectivity index is 1.42. The first-order valence-electron chi connectivity index (χ1n) is 15.6. The molecule has 0 spiro atoms. The summed E-state index contributed by atoms with van der Waals surface area (Å²) in [6.45, 7) is 1.74. The Kier molecular flexibility index (Phi) is 10.7. The zero-order valence-corrected chi connectivity index (χ0v) is 32.2. The monoisotopic (exact) mass is 863 g/mol. The molecule has 1 aromatic heterocycles. The van der Waals surface area contributed by atoms with Gasteiger partial charge in [0.05, 0.1) is 21.2 Å². The van der Waals surface area contributed by atoms with Crippen LogP contribution in [-0.2, 0) is 40.2 Å². The molecule has 1 heterocycles. The van der Waals surface area contributed by atoms with E-state index in [0.717, 1.165) is 42.5 Å². The topological polar surface area (TPSA) is 305 Å². The molecule has 6 aromatic rings. The number of fused-ring (bicyclic) bond motifs is 2. The Morgan fingerprint density at radius 1 is 0.679 bits per heavy atom. The molecule has 6 N–H and O–H groups in total. The number of benzene rings is 5. The summed E-state index contributed by atoms with van der Waals surface area (Å²) < 4.78 is 128. The largest absolute Gasteiger partial charge is 0.505 e. The Hall–Kier alpha value is -5.40. The fourth-order valence-corrected chi connectivity index (χ4v) is 9.11. The normalized spacial score (nSPS) is 12.7. The average molecular weight is 864 g/mol. The van der Waals surface area contributed by atoms with Gasteiger partial charge in [-0.2, -0.15) is 40.2 Å². The summed E-state index contributed by atoms with van der Waals surface area (Å²) in [5.74, 6) is -1.13. The van der Waals surface area contributed by atoms with Crippen molar-refractivity contribution in [2.24, 2.45) is 10.2 Å². The summed E-state index contributed by atoms with van der Waals surface area (Å²) in [5.41, 5.74) is -0.675. The lowest BCUT2D eigenvalue weighted by Gasteiger charge is -2.14. The van der Waals surface area contributed by atoms with Crippen LogP contribution in [0.5, 0.6) is 5.75 Å². The fraction of sp³-hybridized carbons (Fsp3) is 0.0938. The minimum absolute atomic E-state index is 0.0257. The highest BCUT2D eigenvalue weighted by atomic mass is 35.5. The van der Waals surface area contributed by atoms with Crippen LogP contribution in [0.3, 0.4) is 0 Å². The maximum absolute atomic E-state index is 12.5. The summed E-state index contributed by atoms with van der Waals surface area (Å²) in [7, 11) is -18.2. The summed E-state index contributed by atoms with van der Waals surface area (Å²) >= 11 is 6.16. The Morgan fingerprint density at radius 2 is 1.32 bits per heavy atom. The van der Waals surface area contributed by atoms with Gasteiger partial charge in [0.1, 0.15) is 21.2 Å². The first kappa shape index (κ1) is 40.3. The standard InChI is InChI=1S/C32H26ClN7O12S4/c1-2-14-53(42,43)19-9-7-18(8-10-19)34-31-36-30(33)37-32(38-31)35-25-16-20(54(44,45)46)15-17-6-12-23(28(41)27(17)25)39-40-24-13-11-21-22(29(24)56(50,51)52)4-3-5-26(21)55(47,48)49/h3-13,15-16,41H,2,14H2,1H3,(H,44,45,46)(H,47,48,49)(H,50,51,52)(H2,34,35,36,37,38)/b40-39+. The summed E-state index contributed by atoms with van der Waals surface area (Å²) in [6.07, 6.45) is 0.432. The summed E-state index contributed by atoms with van der Waals surface area (Å²) in [6, 6.07) is 15.6. The molecule has 0 unspecified atom stereocenters. The smallest absolute Gasteiger partial charge is 0.297 e. The Bertz CT molecular complexity index is 3060. The minimum Gasteiger partial charge on any atom is -0.505 e. The second-order valence-electron chi connectivity index (χ2n) is 11.7. The van der Waals surface area contributed by atoms with Crippen molar-refractivity contribution < 1.29 is 52.4 Å². The fourth-order valence-electron chi connectivity index (χ4n) is 5.55. The van der Waals surface area contributed by atoms with Gasteiger partial charge >= 0.3 is 0 Å². The number of azo groups is 1. The molecule has 6 rings (SSSR count). The zero-order valence-electron chi connectivity index (χ0n) is 28.2. The van der Waals surface area contributed by atoms with Gasteiger partial charge in [0.25, 0.3) is 30.4 Å². The molecule has 0 fully saturated rings. The molecule has 19 nitrogen and oxygen atoms in total. The van der Waals surface area contributed by atoms with Crippen LogP contribution in [0, 0.1) is 0 Å². The molecule has 0 amide bonds. The third kappa shape index (κ3) is 8.53. The van der Waals surface area contributed by atoms with Crippen molar-refractivity contribution in [3.63, 3.8) is 0 Å². The molecular weight excluding hydrogens is 838 g/mol. The van der Waals surface area contributed by atoms with E-state index >= 15 is 0 Å². The Labute approximate surface area is 323 Å². The van der Waals surface area contributed by atoms with E-state index in [-0.39, 0.29) is 60.7 Å². The van der Waals surface area contributed by atoms with Gasteiger partial charge in [0.2, 0.25) is 17.2 Å². The van der Waals surface area contributed by atoms with E-state index < -0.39 is 66.3 Å². The quantitative estimate of drug-likeness (QED) is 0.0575. The predicted molar refractivity (Wildman–Crippen MR) is 203 cm³/mol. The van der Waals surface area contributed by atoms with Crippen LogP contribution >= 0.6 is 11.6 Å². The van der Waals surface area contributed by atoms with Crippen molar-refractivity contribution in [1.82, 2.24) is 15.0 Å². The number of phenols is 1. The average Bonchev–Trinajstić information content (AvgIpc) is 3.09. The van der Waals surface area contributed by atoms with Crippen LogP contribution in [-0.4, -0.2) is 73.1 Å². The number of sulfone groups is 1. The second kappa shape index (κ2) is 14.9. The number of hydrogen-bond donors (Lipinski definition) is 6. The number of aromatic hydroxyl groups is 1. The first-order chi connectivity index (χ1) is 26.2. The molecule has 0 saturated carbocycles. The van der Waals surface area contributed by atoms with E-state index in [0.29, 0.717) is 12.1 Å². The lowest BCUT2D eigenvalue weighted by atomic mass is 10.1. The number of nitrogens with one attached hydrogen (secondary N) is 2. The first-order valence-corrected chi connectivity index (χ1v) is 22.0. The van der Waals surface area contributed by atoms with E-state index in [1.807, 2.05) is 0 Å². The van der Waals surface area contributed by atoms with Gasteiger partial charge in [-0.1, -0.05) is 31.2 Å². The Morgan fingerprint density at radius 3 is 1.95 bits per heavy atom. The molecule has 0 saturated heterocycles. The number of aromatic nitrogens is 3. The molecule has 0 aliphatic rings. The van der Waals surface area contributed by atoms with Crippen LogP contribution in [0.4, 0.5) is 34.6 Å². The lowest BCUT2D eigenvalue weighted by Crippen LogP contribution is -2.07. The maximum atomic E-state index is 12.5.